The number of aliphatic hydroxyl groups is 2. The van der Waals surface area contributed by atoms with Gasteiger partial charge in [0.25, 0.3) is 0 Å². The first-order valence-electron chi connectivity index (χ1n) is 16.2. The predicted molar refractivity (Wildman–Crippen MR) is 160 cm³/mol. The van der Waals surface area contributed by atoms with Crippen LogP contribution in [0.15, 0.2) is 11.6 Å². The Hall–Kier alpha value is -3.12. The SMILES string of the molecule is CCC[C@@H](NC(=O)[C@H](C)NC(=O)CCC(=O)OCC(=O)[C@@]1(O)CC[C@H]2[C@@H]3CCC4=CC(=O)CC[C@]4(C)[C@H]3[C@@H](O)C[C@@]21C)C(=O)O. The lowest BCUT2D eigenvalue weighted by Gasteiger charge is -2.60. The molecule has 5 N–H and O–H groups in total. The molecule has 0 aromatic carbocycles. The van der Waals surface area contributed by atoms with Gasteiger partial charge < -0.3 is 30.7 Å². The number of nitrogens with one attached hydrogen (secondary N) is 2. The van der Waals surface area contributed by atoms with Gasteiger partial charge in [-0.1, -0.05) is 32.8 Å². The summed E-state index contributed by atoms with van der Waals surface area (Å²) in [5.74, 6) is -3.77. The third-order valence-corrected chi connectivity index (χ3v) is 11.4. The second-order valence-corrected chi connectivity index (χ2v) is 14.0. The summed E-state index contributed by atoms with van der Waals surface area (Å²) in [6, 6.07) is -2.10. The summed E-state index contributed by atoms with van der Waals surface area (Å²) in [4.78, 5) is 73.9. The Bertz CT molecular complexity index is 1260. The molecule has 0 radical (unpaired) electrons. The van der Waals surface area contributed by atoms with Crippen LogP contribution in [-0.2, 0) is 33.5 Å². The zero-order valence-electron chi connectivity index (χ0n) is 26.7. The number of esters is 1. The zero-order valence-corrected chi connectivity index (χ0v) is 26.7. The van der Waals surface area contributed by atoms with Crippen molar-refractivity contribution in [2.24, 2.45) is 28.6 Å². The molecule has 0 spiro atoms. The standard InChI is InChI=1S/C33H48N2O10/c1-5-6-23(30(42)43)35-29(41)18(2)34-26(39)9-10-27(40)45-17-25(38)33(44)14-12-22-21-8-7-19-15-20(36)11-13-31(19,3)28(21)24(37)16-32(22,33)4/h15,18,21-24,28,37,44H,5-14,16-17H2,1-4H3,(H,34,39)(H,35,41)(H,42,43)/t18-,21-,22-,23+,24-,28+,31-,32-,33-/m0/s1. The van der Waals surface area contributed by atoms with Gasteiger partial charge in [0, 0.05) is 18.3 Å². The van der Waals surface area contributed by atoms with Crippen molar-refractivity contribution in [1.82, 2.24) is 10.6 Å². The van der Waals surface area contributed by atoms with E-state index in [1.165, 1.54) is 6.92 Å². The van der Waals surface area contributed by atoms with Crippen LogP contribution in [0.3, 0.4) is 0 Å². The highest BCUT2D eigenvalue weighted by Gasteiger charge is 2.68. The van der Waals surface area contributed by atoms with Crippen LogP contribution in [0, 0.1) is 28.6 Å². The molecular formula is C33H48N2O10. The highest BCUT2D eigenvalue weighted by molar-refractivity contribution is 5.93. The zero-order chi connectivity index (χ0) is 33.3. The molecule has 3 fully saturated rings. The summed E-state index contributed by atoms with van der Waals surface area (Å²) in [6.45, 7) is 6.51. The van der Waals surface area contributed by atoms with E-state index >= 15 is 0 Å². The van der Waals surface area contributed by atoms with Gasteiger partial charge in [-0.3, -0.25) is 24.0 Å². The van der Waals surface area contributed by atoms with Gasteiger partial charge in [-0.2, -0.15) is 0 Å². The molecule has 4 aliphatic carbocycles. The maximum Gasteiger partial charge on any atom is 0.326 e. The minimum Gasteiger partial charge on any atom is -0.480 e. The fourth-order valence-electron chi connectivity index (χ4n) is 8.93. The van der Waals surface area contributed by atoms with E-state index in [2.05, 4.69) is 17.6 Å². The lowest BCUT2D eigenvalue weighted by Crippen LogP contribution is -2.62. The Labute approximate surface area is 263 Å². The van der Waals surface area contributed by atoms with Crippen molar-refractivity contribution in [2.75, 3.05) is 6.61 Å². The number of carbonyl (C=O) groups excluding carboxylic acids is 5. The van der Waals surface area contributed by atoms with E-state index in [0.717, 1.165) is 18.4 Å². The monoisotopic (exact) mass is 632 g/mol. The van der Waals surface area contributed by atoms with Crippen molar-refractivity contribution in [1.29, 1.82) is 0 Å². The second kappa shape index (κ2) is 13.3. The number of Topliss-reactive ketones (excluding diaryl/α,β-unsaturated/α-hetero) is 1. The van der Waals surface area contributed by atoms with Crippen LogP contribution in [0.2, 0.25) is 0 Å². The fraction of sp³-hybridized carbons (Fsp3) is 0.758. The molecule has 0 saturated heterocycles. The predicted octanol–water partition coefficient (Wildman–Crippen LogP) is 1.99. The lowest BCUT2D eigenvalue weighted by molar-refractivity contribution is -0.184. The molecule has 4 rings (SSSR count). The molecule has 250 valence electrons. The highest BCUT2D eigenvalue weighted by Crippen LogP contribution is 2.67. The smallest absolute Gasteiger partial charge is 0.326 e. The summed E-state index contributed by atoms with van der Waals surface area (Å²) in [7, 11) is 0. The molecular weight excluding hydrogens is 584 g/mol. The number of carboxylic acids is 1. The maximum absolute atomic E-state index is 13.4. The molecule has 12 nitrogen and oxygen atoms in total. The van der Waals surface area contributed by atoms with E-state index < -0.39 is 65.3 Å². The van der Waals surface area contributed by atoms with Gasteiger partial charge in [0.2, 0.25) is 17.6 Å². The van der Waals surface area contributed by atoms with Gasteiger partial charge in [-0.05, 0) is 81.1 Å². The molecule has 3 saturated carbocycles. The summed E-state index contributed by atoms with van der Waals surface area (Å²) in [5, 5.41) is 37.3. The Morgan fingerprint density at radius 2 is 1.78 bits per heavy atom. The molecule has 12 heteroatoms. The molecule has 0 aromatic rings. The number of ether oxygens (including phenoxy) is 1. The van der Waals surface area contributed by atoms with Crippen molar-refractivity contribution < 1.29 is 48.8 Å². The molecule has 0 bridgehead atoms. The number of aliphatic carboxylic acids is 1. The van der Waals surface area contributed by atoms with E-state index in [1.807, 2.05) is 6.92 Å². The van der Waals surface area contributed by atoms with E-state index in [-0.39, 0.29) is 61.1 Å². The molecule has 0 unspecified atom stereocenters. The van der Waals surface area contributed by atoms with E-state index in [1.54, 1.807) is 13.0 Å². The first-order valence-corrected chi connectivity index (χ1v) is 16.2. The Kier molecular flexibility index (Phi) is 10.3. The van der Waals surface area contributed by atoms with Gasteiger partial charge in [0.15, 0.2) is 12.4 Å². The van der Waals surface area contributed by atoms with Crippen molar-refractivity contribution in [2.45, 2.75) is 122 Å². The Balaban J connectivity index is 1.30. The van der Waals surface area contributed by atoms with Gasteiger partial charge in [-0.25, -0.2) is 4.79 Å². The number of carboxylic acid groups (broad SMARTS) is 1. The lowest BCUT2D eigenvalue weighted by atomic mass is 9.45. The summed E-state index contributed by atoms with van der Waals surface area (Å²) in [6.07, 6.45) is 4.80. The number of carbonyl (C=O) groups is 6. The number of hydrogen-bond acceptors (Lipinski definition) is 9. The fourth-order valence-corrected chi connectivity index (χ4v) is 8.93. The molecule has 2 amide bonds. The summed E-state index contributed by atoms with van der Waals surface area (Å²) >= 11 is 0. The normalized spacial score (nSPS) is 35.1. The number of aliphatic hydroxyl groups excluding tert-OH is 1. The molecule has 45 heavy (non-hydrogen) atoms. The van der Waals surface area contributed by atoms with Crippen LogP contribution in [0.5, 0.6) is 0 Å². The van der Waals surface area contributed by atoms with Crippen molar-refractivity contribution in [3.8, 4) is 0 Å². The second-order valence-electron chi connectivity index (χ2n) is 14.0. The summed E-state index contributed by atoms with van der Waals surface area (Å²) < 4.78 is 5.17. The van der Waals surface area contributed by atoms with E-state index in [0.29, 0.717) is 25.7 Å². The van der Waals surface area contributed by atoms with Crippen molar-refractivity contribution in [3.05, 3.63) is 11.6 Å². The van der Waals surface area contributed by atoms with Crippen molar-refractivity contribution >= 4 is 35.3 Å². The number of fused-ring (bicyclic) bond motifs is 5. The van der Waals surface area contributed by atoms with Crippen molar-refractivity contribution in [3.63, 3.8) is 0 Å². The van der Waals surface area contributed by atoms with Crippen LogP contribution in [0.1, 0.15) is 98.3 Å². The average molecular weight is 633 g/mol. The topological polar surface area (TPSA) is 196 Å². The number of rotatable bonds is 12. The number of allylic oxidation sites excluding steroid dienone is 1. The van der Waals surface area contributed by atoms with Crippen LogP contribution in [0.25, 0.3) is 0 Å². The van der Waals surface area contributed by atoms with E-state index in [9.17, 15) is 44.1 Å². The van der Waals surface area contributed by atoms with Crippen LogP contribution < -0.4 is 10.6 Å². The van der Waals surface area contributed by atoms with Gasteiger partial charge >= 0.3 is 11.9 Å². The molecule has 0 aromatic heterocycles. The van der Waals surface area contributed by atoms with Crippen LogP contribution in [0.4, 0.5) is 0 Å². The molecule has 0 heterocycles. The van der Waals surface area contributed by atoms with Crippen LogP contribution >= 0.6 is 0 Å². The Morgan fingerprint density at radius 3 is 2.44 bits per heavy atom. The molecule has 4 aliphatic rings. The number of ketones is 2. The summed E-state index contributed by atoms with van der Waals surface area (Å²) in [5.41, 5.74) is -1.88. The number of amides is 2. The minimum atomic E-state index is -1.78. The number of hydrogen-bond donors (Lipinski definition) is 5. The van der Waals surface area contributed by atoms with Crippen LogP contribution in [-0.4, -0.2) is 81.0 Å². The molecule has 0 aliphatic heterocycles. The highest BCUT2D eigenvalue weighted by atomic mass is 16.5. The third-order valence-electron chi connectivity index (χ3n) is 11.4. The maximum atomic E-state index is 13.4. The third kappa shape index (κ3) is 6.58. The quantitative estimate of drug-likeness (QED) is 0.198. The first kappa shape index (κ1) is 34.7. The van der Waals surface area contributed by atoms with E-state index in [4.69, 9.17) is 4.74 Å². The average Bonchev–Trinajstić information content (AvgIpc) is 3.25. The van der Waals surface area contributed by atoms with Gasteiger partial charge in [0.05, 0.1) is 12.5 Å². The minimum absolute atomic E-state index is 0.0119. The largest absolute Gasteiger partial charge is 0.480 e. The van der Waals surface area contributed by atoms with Gasteiger partial charge in [0.1, 0.15) is 17.7 Å². The molecule has 9 atom stereocenters. The Morgan fingerprint density at radius 1 is 1.07 bits per heavy atom. The van der Waals surface area contributed by atoms with Gasteiger partial charge in [-0.15, -0.1) is 0 Å². The first-order chi connectivity index (χ1) is 21.1.